The van der Waals surface area contributed by atoms with Crippen molar-refractivity contribution in [1.29, 1.82) is 0 Å². The fraction of sp³-hybridized carbons (Fsp3) is 0.769. The summed E-state index contributed by atoms with van der Waals surface area (Å²) >= 11 is 1.43. The predicted molar refractivity (Wildman–Crippen MR) is 135 cm³/mol. The molecule has 0 aromatic carbocycles. The number of nitrogens with zero attached hydrogens (tertiary/aromatic N) is 1. The molecule has 4 saturated carbocycles. The van der Waals surface area contributed by atoms with E-state index in [4.69, 9.17) is 9.26 Å². The van der Waals surface area contributed by atoms with Crippen LogP contribution in [-0.2, 0) is 9.59 Å². The molecule has 4 aliphatic rings. The molecular formula is C26H39N3O6S. The fourth-order valence-electron chi connectivity index (χ4n) is 6.04. The van der Waals surface area contributed by atoms with Crippen molar-refractivity contribution in [1.82, 2.24) is 15.8 Å². The molecule has 3 N–H and O–H groups in total. The number of carboxylic acids is 1. The van der Waals surface area contributed by atoms with Gasteiger partial charge in [-0.25, -0.2) is 4.79 Å². The minimum absolute atomic E-state index is 0.0661. The number of thioether (sulfide) groups is 1. The Morgan fingerprint density at radius 2 is 1.67 bits per heavy atom. The average molecular weight is 522 g/mol. The van der Waals surface area contributed by atoms with Crippen molar-refractivity contribution in [3.05, 3.63) is 5.76 Å². The van der Waals surface area contributed by atoms with Crippen LogP contribution in [0.25, 0.3) is 0 Å². The summed E-state index contributed by atoms with van der Waals surface area (Å²) in [6.07, 6.45) is 6.16. The molecule has 4 fully saturated rings. The van der Waals surface area contributed by atoms with Crippen molar-refractivity contribution in [2.24, 2.45) is 29.1 Å². The number of amides is 2. The van der Waals surface area contributed by atoms with Gasteiger partial charge in [-0.1, -0.05) is 13.8 Å². The van der Waals surface area contributed by atoms with Crippen molar-refractivity contribution < 1.29 is 28.8 Å². The van der Waals surface area contributed by atoms with Gasteiger partial charge in [-0.3, -0.25) is 9.59 Å². The van der Waals surface area contributed by atoms with Crippen LogP contribution < -0.4 is 15.4 Å². The van der Waals surface area contributed by atoms with Crippen LogP contribution in [0.5, 0.6) is 5.88 Å². The summed E-state index contributed by atoms with van der Waals surface area (Å²) in [5.74, 6) is 1.18. The quantitative estimate of drug-likeness (QED) is 0.392. The smallest absolute Gasteiger partial charge is 0.328 e. The molecule has 4 bridgehead atoms. The lowest BCUT2D eigenvalue weighted by Crippen LogP contribution is -2.55. The van der Waals surface area contributed by atoms with Crippen LogP contribution in [0.3, 0.4) is 0 Å². The number of aromatic nitrogens is 1. The fourth-order valence-corrected chi connectivity index (χ4v) is 6.95. The second-order valence-corrected chi connectivity index (χ2v) is 13.9. The molecule has 200 valence electrons. The molecule has 0 unspecified atom stereocenters. The average Bonchev–Trinajstić information content (AvgIpc) is 3.15. The molecule has 1 aromatic heterocycles. The highest BCUT2D eigenvalue weighted by Crippen LogP contribution is 2.53. The Kier molecular flexibility index (Phi) is 7.38. The number of nitrogens with one attached hydrogen (secondary N) is 2. The summed E-state index contributed by atoms with van der Waals surface area (Å²) in [6.45, 7) is 10.1. The molecular weight excluding hydrogens is 482 g/mol. The van der Waals surface area contributed by atoms with E-state index in [2.05, 4.69) is 15.8 Å². The second-order valence-electron chi connectivity index (χ2n) is 12.3. The van der Waals surface area contributed by atoms with Gasteiger partial charge >= 0.3 is 5.97 Å². The highest BCUT2D eigenvalue weighted by molar-refractivity contribution is 8.00. The first-order chi connectivity index (χ1) is 16.8. The summed E-state index contributed by atoms with van der Waals surface area (Å²) in [4.78, 5) is 38.0. The molecule has 9 nitrogen and oxygen atoms in total. The van der Waals surface area contributed by atoms with Crippen molar-refractivity contribution >= 4 is 29.5 Å². The topological polar surface area (TPSA) is 131 Å². The lowest BCUT2D eigenvalue weighted by molar-refractivity contribution is -0.148. The van der Waals surface area contributed by atoms with E-state index in [9.17, 15) is 19.5 Å². The molecule has 36 heavy (non-hydrogen) atoms. The first-order valence-electron chi connectivity index (χ1n) is 12.9. The highest BCUT2D eigenvalue weighted by Gasteiger charge is 2.49. The van der Waals surface area contributed by atoms with Crippen LogP contribution >= 0.6 is 11.8 Å². The third-order valence-corrected chi connectivity index (χ3v) is 8.92. The Morgan fingerprint density at radius 1 is 1.08 bits per heavy atom. The zero-order valence-corrected chi connectivity index (χ0v) is 22.9. The molecule has 1 aromatic rings. The van der Waals surface area contributed by atoms with E-state index >= 15 is 0 Å². The van der Waals surface area contributed by atoms with Crippen LogP contribution in [0.1, 0.15) is 84.2 Å². The molecule has 4 aliphatic carbocycles. The van der Waals surface area contributed by atoms with E-state index in [1.54, 1.807) is 13.8 Å². The number of carboxylic acid groups (broad SMARTS) is 1. The monoisotopic (exact) mass is 521 g/mol. The SMILES string of the molecule is CC(C)Sc1c(OCC(C)(C)C(=O)NC(C)(C)C(=O)O)noc1C(=O)NC1C2CC3CC(C2)CC1C3. The van der Waals surface area contributed by atoms with Crippen LogP contribution in [0.15, 0.2) is 9.42 Å². The predicted octanol–water partition coefficient (Wildman–Crippen LogP) is 4.11. The van der Waals surface area contributed by atoms with Gasteiger partial charge in [0.25, 0.3) is 11.8 Å². The Balaban J connectivity index is 1.45. The van der Waals surface area contributed by atoms with Gasteiger partial charge in [0, 0.05) is 11.3 Å². The van der Waals surface area contributed by atoms with E-state index < -0.39 is 22.8 Å². The highest BCUT2D eigenvalue weighted by atomic mass is 32.2. The van der Waals surface area contributed by atoms with Gasteiger partial charge < -0.3 is 25.0 Å². The molecule has 10 heteroatoms. The number of hydrogen-bond donors (Lipinski definition) is 3. The van der Waals surface area contributed by atoms with E-state index in [0.717, 1.165) is 11.8 Å². The molecule has 0 saturated heterocycles. The maximum atomic E-state index is 13.3. The Bertz CT molecular complexity index is 989. The summed E-state index contributed by atoms with van der Waals surface area (Å²) in [5.41, 5.74) is -2.46. The molecule has 5 rings (SSSR count). The third-order valence-electron chi connectivity index (χ3n) is 7.85. The lowest BCUT2D eigenvalue weighted by Gasteiger charge is -2.54. The minimum atomic E-state index is -1.41. The minimum Gasteiger partial charge on any atom is -0.480 e. The Hall–Kier alpha value is -2.23. The number of carbonyl (C=O) groups excluding carboxylic acids is 2. The van der Waals surface area contributed by atoms with Crippen molar-refractivity contribution in [3.8, 4) is 5.88 Å². The standard InChI is InChI=1S/C26H39N3O6S/c1-13(2)36-20-19(21(30)27-18-16-8-14-7-15(10-16)11-17(18)9-14)35-29-22(20)34-12-25(3,4)23(31)28-26(5,6)24(32)33/h13-18H,7-12H2,1-6H3,(H,27,30)(H,28,31)(H,32,33). The first-order valence-corrected chi connectivity index (χ1v) is 13.8. The largest absolute Gasteiger partial charge is 0.480 e. The number of hydrogen-bond acceptors (Lipinski definition) is 7. The first kappa shape index (κ1) is 26.8. The number of ether oxygens (including phenoxy) is 1. The molecule has 0 atom stereocenters. The summed E-state index contributed by atoms with van der Waals surface area (Å²) in [6, 6.07) is 0.178. The van der Waals surface area contributed by atoms with E-state index in [-0.39, 0.29) is 35.4 Å². The van der Waals surface area contributed by atoms with Crippen molar-refractivity contribution in [3.63, 3.8) is 0 Å². The number of aliphatic carboxylic acids is 1. The van der Waals surface area contributed by atoms with Gasteiger partial charge in [0.1, 0.15) is 17.0 Å². The van der Waals surface area contributed by atoms with Crippen molar-refractivity contribution in [2.75, 3.05) is 6.61 Å². The normalized spacial score (nSPS) is 27.2. The molecule has 1 heterocycles. The van der Waals surface area contributed by atoms with E-state index in [1.807, 2.05) is 13.8 Å². The molecule has 0 aliphatic heterocycles. The van der Waals surface area contributed by atoms with Gasteiger partial charge in [-0.2, -0.15) is 0 Å². The van der Waals surface area contributed by atoms with Gasteiger partial charge in [-0.05, 0) is 88.6 Å². The summed E-state index contributed by atoms with van der Waals surface area (Å²) in [5, 5.41) is 19.3. The third kappa shape index (κ3) is 5.53. The summed E-state index contributed by atoms with van der Waals surface area (Å²) < 4.78 is 11.4. The zero-order valence-electron chi connectivity index (χ0n) is 22.1. The zero-order chi connectivity index (χ0) is 26.4. The van der Waals surface area contributed by atoms with Crippen LogP contribution in [0, 0.1) is 29.1 Å². The van der Waals surface area contributed by atoms with Gasteiger partial charge in [0.2, 0.25) is 11.7 Å². The van der Waals surface area contributed by atoms with Gasteiger partial charge in [0.15, 0.2) is 0 Å². The summed E-state index contributed by atoms with van der Waals surface area (Å²) in [7, 11) is 0. The second kappa shape index (κ2) is 9.91. The maximum Gasteiger partial charge on any atom is 0.328 e. The van der Waals surface area contributed by atoms with E-state index in [0.29, 0.717) is 16.7 Å². The Morgan fingerprint density at radius 3 is 2.19 bits per heavy atom. The van der Waals surface area contributed by atoms with Gasteiger partial charge in [-0.15, -0.1) is 11.8 Å². The lowest BCUT2D eigenvalue weighted by atomic mass is 9.54. The molecule has 0 spiro atoms. The van der Waals surface area contributed by atoms with Crippen LogP contribution in [0.4, 0.5) is 0 Å². The maximum absolute atomic E-state index is 13.3. The van der Waals surface area contributed by atoms with Gasteiger partial charge in [0.05, 0.1) is 5.41 Å². The Labute approximate surface area is 216 Å². The van der Waals surface area contributed by atoms with Crippen LogP contribution in [0.2, 0.25) is 0 Å². The van der Waals surface area contributed by atoms with Crippen LogP contribution in [-0.4, -0.2) is 51.5 Å². The van der Waals surface area contributed by atoms with E-state index in [1.165, 1.54) is 57.7 Å². The number of rotatable bonds is 10. The van der Waals surface area contributed by atoms with Crippen molar-refractivity contribution in [2.45, 2.75) is 95.4 Å². The molecule has 2 amide bonds. The molecule has 0 radical (unpaired) electrons. The number of carbonyl (C=O) groups is 3.